The number of nitrogens with one attached hydrogen (secondary N) is 2. The molecule has 2 unspecified atom stereocenters. The van der Waals surface area contributed by atoms with Gasteiger partial charge in [-0.25, -0.2) is 4.79 Å². The van der Waals surface area contributed by atoms with Crippen molar-refractivity contribution in [2.24, 2.45) is 5.10 Å². The summed E-state index contributed by atoms with van der Waals surface area (Å²) in [6.07, 6.45) is -4.47. The van der Waals surface area contributed by atoms with E-state index in [0.29, 0.717) is 12.0 Å². The molecule has 3 aromatic rings. The van der Waals surface area contributed by atoms with Crippen molar-refractivity contribution in [2.45, 2.75) is 84.3 Å². The van der Waals surface area contributed by atoms with Gasteiger partial charge in [0.25, 0.3) is 0 Å². The molecule has 1 aliphatic heterocycles. The lowest BCUT2D eigenvalue weighted by atomic mass is 10.0. The van der Waals surface area contributed by atoms with Crippen LogP contribution in [0.2, 0.25) is 0 Å². The van der Waals surface area contributed by atoms with Crippen LogP contribution in [-0.4, -0.2) is 62.5 Å². The van der Waals surface area contributed by atoms with Gasteiger partial charge in [-0.2, -0.15) is 18.3 Å². The van der Waals surface area contributed by atoms with Crippen molar-refractivity contribution in [3.63, 3.8) is 0 Å². The summed E-state index contributed by atoms with van der Waals surface area (Å²) < 4.78 is 49.4. The molecule has 0 spiro atoms. The molecule has 284 valence electrons. The summed E-state index contributed by atoms with van der Waals surface area (Å²) in [6, 6.07) is 24.4. The van der Waals surface area contributed by atoms with Crippen LogP contribution in [0, 0.1) is 0 Å². The summed E-state index contributed by atoms with van der Waals surface area (Å²) in [6.45, 7) is 13.4. The summed E-state index contributed by atoms with van der Waals surface area (Å²) in [4.78, 5) is 50.2. The molecule has 0 saturated carbocycles. The highest BCUT2D eigenvalue weighted by Crippen LogP contribution is 2.39. The van der Waals surface area contributed by atoms with Crippen molar-refractivity contribution >= 4 is 49.0 Å². The molecule has 4 rings (SSSR count). The molecule has 2 N–H and O–H groups in total. The highest BCUT2D eigenvalue weighted by molar-refractivity contribution is 5.93. The summed E-state index contributed by atoms with van der Waals surface area (Å²) >= 11 is 0. The van der Waals surface area contributed by atoms with Crippen molar-refractivity contribution in [3.8, 4) is 0 Å². The first-order chi connectivity index (χ1) is 24.8. The Bertz CT molecular complexity index is 1480. The number of alkyl halides is 3. The van der Waals surface area contributed by atoms with Gasteiger partial charge in [0.15, 0.2) is 0 Å². The van der Waals surface area contributed by atoms with Gasteiger partial charge in [0.05, 0.1) is 17.8 Å². The summed E-state index contributed by atoms with van der Waals surface area (Å²) in [7, 11) is 1.79. The molecular weight excluding hydrogens is 681 g/mol. The lowest BCUT2D eigenvalue weighted by Crippen LogP contribution is -2.40. The monoisotopic (exact) mass is 730 g/mol. The lowest BCUT2D eigenvalue weighted by Gasteiger charge is -2.24. The first-order valence-electron chi connectivity index (χ1n) is 16.3. The zero-order valence-electron chi connectivity index (χ0n) is 30.4. The SMILES string of the molecule is C=O.C=O.CC.CC(C)(C)OC(=O)NC(C=O)CCC(=O)OCc1ccccc1.CNc1ccc(N2N=C(C(F)(F)F)CC2c2ccccc2)cc1. The van der Waals surface area contributed by atoms with Crippen molar-refractivity contribution in [1.29, 1.82) is 0 Å². The molecule has 0 saturated heterocycles. The number of esters is 1. The van der Waals surface area contributed by atoms with Crippen molar-refractivity contribution in [2.75, 3.05) is 17.4 Å². The molecule has 1 heterocycles. The second kappa shape index (κ2) is 24.6. The van der Waals surface area contributed by atoms with E-state index in [4.69, 9.17) is 19.1 Å². The molecule has 0 bridgehead atoms. The number of hydrazone groups is 1. The molecule has 1 aliphatic rings. The van der Waals surface area contributed by atoms with E-state index in [0.717, 1.165) is 16.8 Å². The summed E-state index contributed by atoms with van der Waals surface area (Å²) in [5, 5.41) is 10.7. The second-order valence-corrected chi connectivity index (χ2v) is 11.4. The minimum absolute atomic E-state index is 0.0338. The Balaban J connectivity index is 0.000000875. The number of rotatable bonds is 10. The fraction of sp³-hybridized carbons (Fsp3) is 0.368. The third-order valence-electron chi connectivity index (χ3n) is 6.61. The van der Waals surface area contributed by atoms with E-state index in [2.05, 4.69) is 15.7 Å². The number of carbonyl (C=O) groups excluding carboxylic acids is 5. The molecule has 0 aromatic heterocycles. The fourth-order valence-electron chi connectivity index (χ4n) is 4.35. The van der Waals surface area contributed by atoms with Crippen LogP contribution < -0.4 is 15.6 Å². The molecule has 0 aliphatic carbocycles. The third-order valence-corrected chi connectivity index (χ3v) is 6.61. The van der Waals surface area contributed by atoms with Gasteiger partial charge in [0.2, 0.25) is 0 Å². The maximum Gasteiger partial charge on any atom is 0.431 e. The van der Waals surface area contributed by atoms with Crippen LogP contribution >= 0.6 is 0 Å². The van der Waals surface area contributed by atoms with Gasteiger partial charge >= 0.3 is 18.2 Å². The van der Waals surface area contributed by atoms with E-state index in [9.17, 15) is 27.6 Å². The standard InChI is InChI=1S/C17H16F3N3.C17H23NO5.C2H6.2CH2O/c1-21-13-7-9-14(10-8-13)23-15(12-5-3-2-4-6-12)11-16(22-23)17(18,19)20;1-17(2,3)23-16(21)18-14(11-19)9-10-15(20)22-12-13-7-5-4-6-8-13;3*1-2/h2-10,15,21H,11H2,1H3;4-8,11,14H,9-10,12H2,1-3H3,(H,18,21);1-2H3;2*1H2. The Morgan fingerprint density at radius 3 is 1.94 bits per heavy atom. The molecule has 0 radical (unpaired) electrons. The van der Waals surface area contributed by atoms with E-state index in [1.165, 1.54) is 5.01 Å². The van der Waals surface area contributed by atoms with Gasteiger partial charge in [-0.15, -0.1) is 0 Å². The number of nitrogens with zero attached hydrogens (tertiary/aromatic N) is 2. The van der Waals surface area contributed by atoms with E-state index >= 15 is 0 Å². The molecule has 14 heteroatoms. The normalized spacial score (nSPS) is 13.6. The number of amides is 1. The van der Waals surface area contributed by atoms with Gasteiger partial charge in [-0.1, -0.05) is 74.5 Å². The molecule has 0 fully saturated rings. The molecule has 11 nitrogen and oxygen atoms in total. The van der Waals surface area contributed by atoms with Gasteiger partial charge in [-0.05, 0) is 62.6 Å². The summed E-state index contributed by atoms with van der Waals surface area (Å²) in [5.74, 6) is -0.424. The quantitative estimate of drug-likeness (QED) is 0.157. The fourth-order valence-corrected chi connectivity index (χ4v) is 4.35. The number of anilines is 2. The number of aldehydes is 1. The number of halogens is 3. The van der Waals surface area contributed by atoms with Crippen LogP contribution in [-0.2, 0) is 35.3 Å². The van der Waals surface area contributed by atoms with Gasteiger partial charge in [0, 0.05) is 25.6 Å². The number of carbonyl (C=O) groups is 5. The van der Waals surface area contributed by atoms with Crippen LogP contribution in [0.4, 0.5) is 29.3 Å². The smallest absolute Gasteiger partial charge is 0.431 e. The van der Waals surface area contributed by atoms with Crippen molar-refractivity contribution < 1.29 is 46.6 Å². The van der Waals surface area contributed by atoms with Crippen LogP contribution in [0.15, 0.2) is 90.0 Å². The Kier molecular flexibility index (Phi) is 22.0. The first kappa shape index (κ1) is 46.5. The average molecular weight is 731 g/mol. The van der Waals surface area contributed by atoms with Gasteiger partial charge in [0.1, 0.15) is 37.8 Å². The predicted molar refractivity (Wildman–Crippen MR) is 196 cm³/mol. The maximum absolute atomic E-state index is 13.1. The van der Waals surface area contributed by atoms with E-state index in [1.54, 1.807) is 40.0 Å². The van der Waals surface area contributed by atoms with Crippen LogP contribution in [0.1, 0.15) is 71.0 Å². The topological polar surface area (TPSA) is 143 Å². The third kappa shape index (κ3) is 17.4. The van der Waals surface area contributed by atoms with E-state index in [-0.39, 0.29) is 25.9 Å². The first-order valence-corrected chi connectivity index (χ1v) is 16.3. The molecule has 52 heavy (non-hydrogen) atoms. The van der Waals surface area contributed by atoms with Crippen LogP contribution in [0.3, 0.4) is 0 Å². The molecule has 3 aromatic carbocycles. The Morgan fingerprint density at radius 2 is 1.46 bits per heavy atom. The predicted octanol–water partition coefficient (Wildman–Crippen LogP) is 7.86. The minimum atomic E-state index is -4.41. The number of hydrogen-bond acceptors (Lipinski definition) is 10. The largest absolute Gasteiger partial charge is 0.461 e. The van der Waals surface area contributed by atoms with Crippen molar-refractivity contribution in [3.05, 3.63) is 96.1 Å². The van der Waals surface area contributed by atoms with Crippen LogP contribution in [0.25, 0.3) is 0 Å². The summed E-state index contributed by atoms with van der Waals surface area (Å²) in [5.41, 5.74) is 1.84. The number of benzene rings is 3. The van der Waals surface area contributed by atoms with Crippen LogP contribution in [0.5, 0.6) is 0 Å². The minimum Gasteiger partial charge on any atom is -0.461 e. The number of ether oxygens (including phenoxy) is 2. The zero-order chi connectivity index (χ0) is 39.7. The van der Waals surface area contributed by atoms with Crippen molar-refractivity contribution in [1.82, 2.24) is 5.32 Å². The molecular formula is C38H49F3N4O7. The van der Waals surface area contributed by atoms with Gasteiger partial charge < -0.3 is 34.5 Å². The van der Waals surface area contributed by atoms with Gasteiger partial charge in [-0.3, -0.25) is 9.80 Å². The second-order valence-electron chi connectivity index (χ2n) is 11.4. The molecule has 2 atom stereocenters. The Morgan fingerprint density at radius 1 is 0.923 bits per heavy atom. The van der Waals surface area contributed by atoms with E-state index < -0.39 is 41.6 Å². The Hall–Kier alpha value is -5.53. The average Bonchev–Trinajstić information content (AvgIpc) is 3.62. The number of alkyl carbamates (subject to hydrolysis) is 1. The lowest BCUT2D eigenvalue weighted by molar-refractivity contribution is -0.145. The number of hydrogen-bond donors (Lipinski definition) is 2. The highest BCUT2D eigenvalue weighted by Gasteiger charge is 2.43. The Labute approximate surface area is 303 Å². The highest BCUT2D eigenvalue weighted by atomic mass is 19.4. The maximum atomic E-state index is 13.1. The molecule has 1 amide bonds. The van der Waals surface area contributed by atoms with E-state index in [1.807, 2.05) is 100 Å². The zero-order valence-corrected chi connectivity index (χ0v) is 30.4.